The minimum absolute atomic E-state index is 0.0679. The molecular weight excluding hydrogens is 260 g/mol. The van der Waals surface area contributed by atoms with Crippen LogP contribution in [0, 0.1) is 6.92 Å². The molecule has 1 amide bonds. The lowest BCUT2D eigenvalue weighted by Crippen LogP contribution is -2.36. The minimum atomic E-state index is -2.59. The maximum Gasteiger partial charge on any atom is 0.264 e. The van der Waals surface area contributed by atoms with Gasteiger partial charge in [-0.15, -0.1) is 11.3 Å². The van der Waals surface area contributed by atoms with Crippen molar-refractivity contribution in [1.82, 2.24) is 4.90 Å². The van der Waals surface area contributed by atoms with Gasteiger partial charge in [-0.3, -0.25) is 4.79 Å². The second-order valence-corrected chi connectivity index (χ2v) is 5.07. The van der Waals surface area contributed by atoms with E-state index in [1.165, 1.54) is 11.3 Å². The van der Waals surface area contributed by atoms with Gasteiger partial charge in [0.15, 0.2) is 0 Å². The Labute approximate surface area is 109 Å². The van der Waals surface area contributed by atoms with Crippen LogP contribution in [0.1, 0.15) is 27.0 Å². The molecule has 1 aromatic rings. The van der Waals surface area contributed by atoms with Gasteiger partial charge in [0, 0.05) is 11.4 Å². The van der Waals surface area contributed by atoms with Crippen LogP contribution in [0.4, 0.5) is 8.78 Å². The van der Waals surface area contributed by atoms with E-state index < -0.39 is 18.9 Å². The van der Waals surface area contributed by atoms with Crippen LogP contribution in [0.15, 0.2) is 6.07 Å². The van der Waals surface area contributed by atoms with Crippen LogP contribution in [0.3, 0.4) is 0 Å². The molecule has 0 atom stereocenters. The molecule has 3 nitrogen and oxygen atoms in total. The maximum absolute atomic E-state index is 12.4. The van der Waals surface area contributed by atoms with E-state index in [2.05, 4.69) is 0 Å². The monoisotopic (exact) mass is 277 g/mol. The highest BCUT2D eigenvalue weighted by molar-refractivity contribution is 7.14. The van der Waals surface area contributed by atoms with Gasteiger partial charge in [0.2, 0.25) is 0 Å². The zero-order valence-corrected chi connectivity index (χ0v) is 11.3. The third-order valence-electron chi connectivity index (χ3n) is 2.57. The van der Waals surface area contributed by atoms with Crippen molar-refractivity contribution < 1.29 is 18.7 Å². The van der Waals surface area contributed by atoms with Gasteiger partial charge in [-0.1, -0.05) is 6.92 Å². The number of halogens is 2. The summed E-state index contributed by atoms with van der Waals surface area (Å²) >= 11 is 1.33. The van der Waals surface area contributed by atoms with Crippen LogP contribution in [0.2, 0.25) is 0 Å². The third kappa shape index (κ3) is 3.74. The molecular formula is C12H17F2NO2S. The van der Waals surface area contributed by atoms with E-state index in [1.54, 1.807) is 6.07 Å². The number of amides is 1. The fourth-order valence-electron chi connectivity index (χ4n) is 1.70. The van der Waals surface area contributed by atoms with Crippen LogP contribution in [0.5, 0.6) is 0 Å². The molecule has 1 rings (SSSR count). The Hall–Kier alpha value is -1.01. The van der Waals surface area contributed by atoms with Crippen LogP contribution in [-0.4, -0.2) is 42.0 Å². The Balaban J connectivity index is 2.86. The number of hydrogen-bond donors (Lipinski definition) is 1. The van der Waals surface area contributed by atoms with Crippen LogP contribution < -0.4 is 0 Å². The number of carbonyl (C=O) groups is 1. The van der Waals surface area contributed by atoms with Crippen LogP contribution >= 0.6 is 11.3 Å². The van der Waals surface area contributed by atoms with Gasteiger partial charge in [0.25, 0.3) is 12.3 Å². The maximum atomic E-state index is 12.4. The largest absolute Gasteiger partial charge is 0.395 e. The highest BCUT2D eigenvalue weighted by Crippen LogP contribution is 2.23. The summed E-state index contributed by atoms with van der Waals surface area (Å²) in [4.78, 5) is 14.6. The first-order chi connectivity index (χ1) is 8.49. The lowest BCUT2D eigenvalue weighted by molar-refractivity contribution is 0.0513. The molecule has 1 heterocycles. The van der Waals surface area contributed by atoms with E-state index in [0.29, 0.717) is 4.88 Å². The number of nitrogens with zero attached hydrogens (tertiary/aromatic N) is 1. The minimum Gasteiger partial charge on any atom is -0.395 e. The molecule has 1 N–H and O–H groups in total. The average molecular weight is 277 g/mol. The molecule has 0 bridgehead atoms. The van der Waals surface area contributed by atoms with Crippen molar-refractivity contribution in [3.8, 4) is 0 Å². The Morgan fingerprint density at radius 3 is 2.67 bits per heavy atom. The summed E-state index contributed by atoms with van der Waals surface area (Å²) in [6.45, 7) is 2.86. The summed E-state index contributed by atoms with van der Waals surface area (Å²) in [5.74, 6) is -0.433. The number of thiophene rings is 1. The van der Waals surface area contributed by atoms with Crippen molar-refractivity contribution in [2.75, 3.05) is 19.7 Å². The highest BCUT2D eigenvalue weighted by Gasteiger charge is 2.21. The van der Waals surface area contributed by atoms with Gasteiger partial charge in [0.1, 0.15) is 0 Å². The molecule has 6 heteroatoms. The Morgan fingerprint density at radius 2 is 2.22 bits per heavy atom. The molecule has 0 fully saturated rings. The molecule has 0 spiro atoms. The zero-order valence-electron chi connectivity index (χ0n) is 10.4. The zero-order chi connectivity index (χ0) is 13.7. The molecule has 0 unspecified atom stereocenters. The Bertz CT molecular complexity index is 407. The summed E-state index contributed by atoms with van der Waals surface area (Å²) in [6, 6.07) is 1.72. The van der Waals surface area contributed by atoms with Crippen molar-refractivity contribution in [2.24, 2.45) is 0 Å². The quantitative estimate of drug-likeness (QED) is 0.867. The Kier molecular flexibility index (Phi) is 5.68. The van der Waals surface area contributed by atoms with Crippen molar-refractivity contribution in [3.05, 3.63) is 21.4 Å². The van der Waals surface area contributed by atoms with Crippen molar-refractivity contribution >= 4 is 17.2 Å². The second-order valence-electron chi connectivity index (χ2n) is 3.94. The first-order valence-corrected chi connectivity index (χ1v) is 6.58. The van der Waals surface area contributed by atoms with E-state index in [1.807, 2.05) is 13.8 Å². The van der Waals surface area contributed by atoms with E-state index in [9.17, 15) is 13.6 Å². The summed E-state index contributed by atoms with van der Waals surface area (Å²) in [5, 5.41) is 8.82. The first kappa shape index (κ1) is 15.0. The fourth-order valence-corrected chi connectivity index (χ4v) is 2.78. The average Bonchev–Trinajstić information content (AvgIpc) is 2.68. The van der Waals surface area contributed by atoms with Gasteiger partial charge in [-0.05, 0) is 25.0 Å². The number of alkyl halides is 2. The lowest BCUT2D eigenvalue weighted by atomic mass is 10.2. The molecule has 18 heavy (non-hydrogen) atoms. The van der Waals surface area contributed by atoms with Crippen molar-refractivity contribution in [3.63, 3.8) is 0 Å². The first-order valence-electron chi connectivity index (χ1n) is 5.77. The van der Waals surface area contributed by atoms with E-state index in [4.69, 9.17) is 5.11 Å². The molecule has 0 saturated carbocycles. The molecule has 0 aliphatic heterocycles. The van der Waals surface area contributed by atoms with Crippen LogP contribution in [0.25, 0.3) is 0 Å². The number of aryl methyl sites for hydroxylation is 2. The van der Waals surface area contributed by atoms with Gasteiger partial charge >= 0.3 is 0 Å². The van der Waals surface area contributed by atoms with E-state index in [0.717, 1.165) is 21.8 Å². The molecule has 1 aromatic heterocycles. The fraction of sp³-hybridized carbons (Fsp3) is 0.583. The van der Waals surface area contributed by atoms with Gasteiger partial charge in [-0.2, -0.15) is 0 Å². The standard InChI is InChI=1S/C12H17F2NO2S/c1-3-9-8(2)6-10(18-9)12(17)15(4-5-16)7-11(13)14/h6,11,16H,3-5,7H2,1-2H3. The number of rotatable bonds is 6. The molecule has 0 saturated heterocycles. The van der Waals surface area contributed by atoms with E-state index in [-0.39, 0.29) is 13.2 Å². The van der Waals surface area contributed by atoms with Crippen LogP contribution in [-0.2, 0) is 6.42 Å². The van der Waals surface area contributed by atoms with Gasteiger partial charge < -0.3 is 10.0 Å². The van der Waals surface area contributed by atoms with Gasteiger partial charge in [-0.25, -0.2) is 8.78 Å². The lowest BCUT2D eigenvalue weighted by Gasteiger charge is -2.20. The van der Waals surface area contributed by atoms with Crippen molar-refractivity contribution in [1.29, 1.82) is 0 Å². The number of hydrogen-bond acceptors (Lipinski definition) is 3. The predicted molar refractivity (Wildman–Crippen MR) is 67.4 cm³/mol. The van der Waals surface area contributed by atoms with Gasteiger partial charge in [0.05, 0.1) is 18.0 Å². The summed E-state index contributed by atoms with van der Waals surface area (Å²) in [6.07, 6.45) is -1.77. The smallest absolute Gasteiger partial charge is 0.264 e. The SMILES string of the molecule is CCc1sc(C(=O)N(CCO)CC(F)F)cc1C. The molecule has 102 valence electrons. The second kappa shape index (κ2) is 6.80. The molecule has 0 radical (unpaired) electrons. The molecule has 0 aliphatic carbocycles. The van der Waals surface area contributed by atoms with Crippen molar-refractivity contribution in [2.45, 2.75) is 26.7 Å². The summed E-state index contributed by atoms with van der Waals surface area (Å²) in [5.41, 5.74) is 1.01. The molecule has 0 aliphatic rings. The highest BCUT2D eigenvalue weighted by atomic mass is 32.1. The predicted octanol–water partition coefficient (Wildman–Crippen LogP) is 2.32. The summed E-state index contributed by atoms with van der Waals surface area (Å²) < 4.78 is 24.7. The summed E-state index contributed by atoms with van der Waals surface area (Å²) in [7, 11) is 0. The molecule has 0 aromatic carbocycles. The van der Waals surface area contributed by atoms with E-state index >= 15 is 0 Å². The number of aliphatic hydroxyl groups excluding tert-OH is 1. The number of aliphatic hydroxyl groups is 1. The Morgan fingerprint density at radius 1 is 1.56 bits per heavy atom. The third-order valence-corrected chi connectivity index (χ3v) is 3.94. The number of carbonyl (C=O) groups excluding carboxylic acids is 1. The topological polar surface area (TPSA) is 40.5 Å². The normalized spacial score (nSPS) is 11.0.